The Balaban J connectivity index is 1.82. The van der Waals surface area contributed by atoms with Crippen LogP contribution in [0.4, 0.5) is 10.1 Å². The van der Waals surface area contributed by atoms with Gasteiger partial charge in [0.15, 0.2) is 5.82 Å². The number of nitrogens with one attached hydrogen (secondary N) is 2. The number of anilines is 1. The van der Waals surface area contributed by atoms with Crippen LogP contribution in [0.1, 0.15) is 24.5 Å². The fraction of sp³-hybridized carbons (Fsp3) is 0.286. The molecule has 1 aromatic carbocycles. The Morgan fingerprint density at radius 1 is 1.33 bits per heavy atom. The van der Waals surface area contributed by atoms with Crippen molar-refractivity contribution in [2.45, 2.75) is 18.8 Å². The highest BCUT2D eigenvalue weighted by Crippen LogP contribution is 2.42. The summed E-state index contributed by atoms with van der Waals surface area (Å²) in [4.78, 5) is 11.4. The maximum absolute atomic E-state index is 14.9. The normalized spacial score (nSPS) is 19.5. The predicted molar refractivity (Wildman–Crippen MR) is 82.0 cm³/mol. The number of carbonyl (C=O) groups excluding carboxylic acids is 1. The van der Waals surface area contributed by atoms with E-state index in [0.29, 0.717) is 15.9 Å². The number of aromatic nitrogens is 2. The predicted octanol–water partition coefficient (Wildman–Crippen LogP) is 0.980. The average molecular weight is 352 g/mol. The van der Waals surface area contributed by atoms with E-state index >= 15 is 0 Å². The number of halogens is 1. The number of rotatable bonds is 3. The molecule has 3 N–H and O–H groups in total. The molecule has 2 fully saturated rings. The number of benzene rings is 1. The highest BCUT2D eigenvalue weighted by atomic mass is 32.2. The Morgan fingerprint density at radius 2 is 2.08 bits per heavy atom. The first-order chi connectivity index (χ1) is 11.4. The molecule has 126 valence electrons. The van der Waals surface area contributed by atoms with Crippen LogP contribution in [0.2, 0.25) is 0 Å². The number of nitrogens with zero attached hydrogens (tertiary/aromatic N) is 2. The average Bonchev–Trinajstić information content (AvgIpc) is 3.17. The summed E-state index contributed by atoms with van der Waals surface area (Å²) in [5.41, 5.74) is 0.710. The molecule has 24 heavy (non-hydrogen) atoms. The Kier molecular flexibility index (Phi) is 3.07. The van der Waals surface area contributed by atoms with Gasteiger partial charge in [-0.05, 0) is 31.0 Å². The van der Waals surface area contributed by atoms with Gasteiger partial charge in [-0.25, -0.2) is 13.4 Å². The zero-order valence-electron chi connectivity index (χ0n) is 12.3. The lowest BCUT2D eigenvalue weighted by atomic mass is 10.1. The first-order valence-corrected chi connectivity index (χ1v) is 8.71. The molecular formula is C14H13FN4O4S. The third kappa shape index (κ3) is 2.30. The van der Waals surface area contributed by atoms with E-state index in [1.54, 1.807) is 10.8 Å². The number of aromatic hydroxyl groups is 1. The molecule has 0 bridgehead atoms. The molecule has 1 aliphatic carbocycles. The molecule has 1 saturated carbocycles. The lowest BCUT2D eigenvalue weighted by molar-refractivity contribution is -0.117. The van der Waals surface area contributed by atoms with E-state index in [4.69, 9.17) is 0 Å². The number of hydrogen-bond donors (Lipinski definition) is 3. The van der Waals surface area contributed by atoms with E-state index in [-0.39, 0.29) is 5.56 Å². The van der Waals surface area contributed by atoms with Gasteiger partial charge >= 0.3 is 10.2 Å². The molecule has 2 aromatic rings. The lowest BCUT2D eigenvalue weighted by Gasteiger charge is -2.18. The van der Waals surface area contributed by atoms with Crippen molar-refractivity contribution in [2.75, 3.05) is 10.8 Å². The van der Waals surface area contributed by atoms with Crippen molar-refractivity contribution in [1.82, 2.24) is 14.9 Å². The molecule has 2 heterocycles. The number of amides is 1. The van der Waals surface area contributed by atoms with Crippen molar-refractivity contribution >= 4 is 21.8 Å². The van der Waals surface area contributed by atoms with Gasteiger partial charge in [-0.1, -0.05) is 0 Å². The van der Waals surface area contributed by atoms with Crippen molar-refractivity contribution < 1.29 is 22.7 Å². The first-order valence-electron chi connectivity index (χ1n) is 7.27. The number of phenols is 1. The molecular weight excluding hydrogens is 339 g/mol. The van der Waals surface area contributed by atoms with Gasteiger partial charge in [-0.3, -0.25) is 9.89 Å². The summed E-state index contributed by atoms with van der Waals surface area (Å²) in [7, 11) is -4.22. The smallest absolute Gasteiger partial charge is 0.326 e. The van der Waals surface area contributed by atoms with Crippen molar-refractivity contribution in [3.63, 3.8) is 0 Å². The molecule has 1 aromatic heterocycles. The zero-order valence-corrected chi connectivity index (χ0v) is 13.1. The molecule has 8 nitrogen and oxygen atoms in total. The SMILES string of the molecule is O=C1CN(c2c(O)ccc(-c3cc(C4CC4)n[nH]3)c2F)S(=O)(=O)N1. The van der Waals surface area contributed by atoms with Crippen LogP contribution in [0.15, 0.2) is 18.2 Å². The van der Waals surface area contributed by atoms with Gasteiger partial charge in [0, 0.05) is 11.5 Å². The fourth-order valence-corrected chi connectivity index (χ4v) is 3.87. The number of H-pyrrole nitrogens is 1. The summed E-state index contributed by atoms with van der Waals surface area (Å²) >= 11 is 0. The largest absolute Gasteiger partial charge is 0.506 e. The fourth-order valence-electron chi connectivity index (χ4n) is 2.71. The van der Waals surface area contributed by atoms with E-state index in [0.717, 1.165) is 18.5 Å². The van der Waals surface area contributed by atoms with E-state index in [9.17, 15) is 22.7 Å². The van der Waals surface area contributed by atoms with Gasteiger partial charge in [0.05, 0.1) is 11.4 Å². The van der Waals surface area contributed by atoms with Crippen molar-refractivity contribution in [2.24, 2.45) is 0 Å². The van der Waals surface area contributed by atoms with Crippen LogP contribution < -0.4 is 9.03 Å². The maximum atomic E-state index is 14.9. The molecule has 1 amide bonds. The van der Waals surface area contributed by atoms with Gasteiger partial charge in [0.1, 0.15) is 18.0 Å². The summed E-state index contributed by atoms with van der Waals surface area (Å²) in [6.07, 6.45) is 2.07. The second-order valence-electron chi connectivity index (χ2n) is 5.81. The van der Waals surface area contributed by atoms with E-state index in [1.807, 2.05) is 0 Å². The Labute approximate surface area is 136 Å². The first kappa shape index (κ1) is 14.9. The van der Waals surface area contributed by atoms with Crippen LogP contribution >= 0.6 is 0 Å². The lowest BCUT2D eigenvalue weighted by Crippen LogP contribution is -2.30. The minimum atomic E-state index is -4.22. The molecule has 0 spiro atoms. The van der Waals surface area contributed by atoms with Crippen LogP contribution in [0.3, 0.4) is 0 Å². The highest BCUT2D eigenvalue weighted by Gasteiger charge is 2.38. The van der Waals surface area contributed by atoms with Gasteiger partial charge in [0.25, 0.3) is 5.91 Å². The molecule has 0 unspecified atom stereocenters. The third-order valence-electron chi connectivity index (χ3n) is 4.05. The van der Waals surface area contributed by atoms with Crippen molar-refractivity contribution in [1.29, 1.82) is 0 Å². The maximum Gasteiger partial charge on any atom is 0.326 e. The van der Waals surface area contributed by atoms with Gasteiger partial charge < -0.3 is 5.11 Å². The summed E-state index contributed by atoms with van der Waals surface area (Å²) in [6.45, 7) is -0.591. The monoisotopic (exact) mass is 352 g/mol. The molecule has 4 rings (SSSR count). The summed E-state index contributed by atoms with van der Waals surface area (Å²) in [6, 6.07) is 4.22. The van der Waals surface area contributed by atoms with Crippen LogP contribution in [0.5, 0.6) is 5.75 Å². The van der Waals surface area contributed by atoms with Gasteiger partial charge in [0.2, 0.25) is 0 Å². The second kappa shape index (κ2) is 4.94. The molecule has 0 atom stereocenters. The minimum Gasteiger partial charge on any atom is -0.506 e. The molecule has 0 radical (unpaired) electrons. The summed E-state index contributed by atoms with van der Waals surface area (Å²) in [5, 5.41) is 16.8. The molecule has 1 aliphatic heterocycles. The number of aromatic amines is 1. The number of carbonyl (C=O) groups is 1. The summed E-state index contributed by atoms with van der Waals surface area (Å²) < 4.78 is 41.0. The number of phenolic OH excluding ortho intramolecular Hbond substituents is 1. The Hall–Kier alpha value is -2.62. The van der Waals surface area contributed by atoms with Crippen LogP contribution in [0.25, 0.3) is 11.3 Å². The van der Waals surface area contributed by atoms with E-state index in [1.165, 1.54) is 12.1 Å². The van der Waals surface area contributed by atoms with Crippen LogP contribution in [0, 0.1) is 5.82 Å². The molecule has 2 aliphatic rings. The van der Waals surface area contributed by atoms with Gasteiger partial charge in [-0.2, -0.15) is 13.5 Å². The quantitative estimate of drug-likeness (QED) is 0.762. The minimum absolute atomic E-state index is 0.0664. The Morgan fingerprint density at radius 3 is 2.71 bits per heavy atom. The van der Waals surface area contributed by atoms with Crippen LogP contribution in [-0.4, -0.2) is 36.2 Å². The second-order valence-corrected chi connectivity index (χ2v) is 7.41. The summed E-state index contributed by atoms with van der Waals surface area (Å²) in [5.74, 6) is -1.94. The van der Waals surface area contributed by atoms with E-state index < -0.39 is 39.9 Å². The topological polar surface area (TPSA) is 115 Å². The standard InChI is InChI=1S/C14H13FN4O4S/c15-13-8(10-5-9(16-17-10)7-1-2-7)3-4-11(20)14(13)19-6-12(21)18-24(19,22)23/h3-5,7,20H,1-2,6H2,(H,16,17)(H,18,21). The number of hydrogen-bond acceptors (Lipinski definition) is 5. The highest BCUT2D eigenvalue weighted by molar-refractivity contribution is 7.92. The van der Waals surface area contributed by atoms with Gasteiger partial charge in [-0.15, -0.1) is 0 Å². The molecule has 1 saturated heterocycles. The molecule has 10 heteroatoms. The Bertz CT molecular complexity index is 952. The zero-order chi connectivity index (χ0) is 17.1. The van der Waals surface area contributed by atoms with Crippen LogP contribution in [-0.2, 0) is 15.0 Å². The van der Waals surface area contributed by atoms with E-state index in [2.05, 4.69) is 10.2 Å². The third-order valence-corrected chi connectivity index (χ3v) is 5.43. The van der Waals surface area contributed by atoms with Crippen molar-refractivity contribution in [3.05, 3.63) is 29.7 Å². The van der Waals surface area contributed by atoms with Crippen molar-refractivity contribution in [3.8, 4) is 17.0 Å².